The second-order valence-corrected chi connectivity index (χ2v) is 9.21. The molecule has 3 rings (SSSR count). The minimum atomic E-state index is -0.718. The van der Waals surface area contributed by atoms with E-state index in [1.54, 1.807) is 42.4 Å². The number of guanidine groups is 1. The summed E-state index contributed by atoms with van der Waals surface area (Å²) in [4.78, 5) is 34.4. The van der Waals surface area contributed by atoms with Gasteiger partial charge in [-0.05, 0) is 18.6 Å². The van der Waals surface area contributed by atoms with Gasteiger partial charge in [-0.3, -0.25) is 10.1 Å². The van der Waals surface area contributed by atoms with E-state index < -0.39 is 9.96 Å². The van der Waals surface area contributed by atoms with Gasteiger partial charge in [-0.25, -0.2) is 20.1 Å². The maximum atomic E-state index is 10.5. The number of hydrogen-bond donors (Lipinski definition) is 1. The normalized spacial score (nSPS) is 14.8. The predicted octanol–water partition coefficient (Wildman–Crippen LogP) is 2.88. The Morgan fingerprint density at radius 1 is 1.31 bits per heavy atom. The van der Waals surface area contributed by atoms with Crippen molar-refractivity contribution < 1.29 is 14.7 Å². The fourth-order valence-electron chi connectivity index (χ4n) is 3.01. The summed E-state index contributed by atoms with van der Waals surface area (Å²) in [5.74, 6) is 0.716. The second-order valence-electron chi connectivity index (χ2n) is 7.13. The number of halogens is 2. The molecule has 196 valence electrons. The van der Waals surface area contributed by atoms with Gasteiger partial charge in [0, 0.05) is 44.5 Å². The highest BCUT2D eigenvalue weighted by molar-refractivity contribution is 7.15. The van der Waals surface area contributed by atoms with Gasteiger partial charge in [-0.15, -0.1) is 11.3 Å². The van der Waals surface area contributed by atoms with E-state index in [0.717, 1.165) is 16.6 Å². The average molecular weight is 562 g/mol. The highest BCUT2D eigenvalue weighted by Gasteiger charge is 2.25. The van der Waals surface area contributed by atoms with E-state index >= 15 is 0 Å². The summed E-state index contributed by atoms with van der Waals surface area (Å²) in [7, 11) is 3.33. The average Bonchev–Trinajstić information content (AvgIpc) is 3.24. The molecule has 1 fully saturated rings. The molecule has 3 heterocycles. The molecule has 1 saturated heterocycles. The van der Waals surface area contributed by atoms with Crippen LogP contribution in [0.3, 0.4) is 0 Å². The Hall–Kier alpha value is -3.27. The fraction of sp³-hybridized carbons (Fsp3) is 0.421. The zero-order chi connectivity index (χ0) is 26.7. The highest BCUT2D eigenvalue weighted by Crippen LogP contribution is 2.20. The Morgan fingerprint density at radius 2 is 2.06 bits per heavy atom. The first-order valence-corrected chi connectivity index (χ1v) is 12.0. The Labute approximate surface area is 221 Å². The van der Waals surface area contributed by atoms with Crippen LogP contribution in [0.1, 0.15) is 17.4 Å². The molecule has 36 heavy (non-hydrogen) atoms. The number of nitrogens with one attached hydrogen (secondary N) is 1. The molecule has 0 amide bonds. The molecule has 0 bridgehead atoms. The third-order valence-corrected chi connectivity index (χ3v) is 5.89. The van der Waals surface area contributed by atoms with Crippen molar-refractivity contribution in [3.05, 3.63) is 76.8 Å². The summed E-state index contributed by atoms with van der Waals surface area (Å²) in [5, 5.41) is 26.9. The van der Waals surface area contributed by atoms with Gasteiger partial charge < -0.3 is 24.8 Å². The number of aromatic nitrogens is 2. The number of nitro groups is 2. The molecule has 1 aliphatic heterocycles. The molecular formula is C19H25Cl2N9O5S. The van der Waals surface area contributed by atoms with Gasteiger partial charge >= 0.3 is 0 Å². The molecule has 2 aromatic rings. The van der Waals surface area contributed by atoms with Gasteiger partial charge in [-0.1, -0.05) is 29.3 Å². The van der Waals surface area contributed by atoms with Crippen LogP contribution in [0.25, 0.3) is 0 Å². The zero-order valence-corrected chi connectivity index (χ0v) is 22.0. The number of hydrazone groups is 1. The summed E-state index contributed by atoms with van der Waals surface area (Å²) < 4.78 is 5.72. The Morgan fingerprint density at radius 3 is 2.58 bits per heavy atom. The third kappa shape index (κ3) is 9.41. The SMILES string of the molecule is CCN(Cc1ccc(Cl)nc1)/C(=C/[N+](=O)[O-])NC.CN1COCN(Cc2cnc(Cl)s2)/C1=N/[N+](=O)[O-]. The van der Waals surface area contributed by atoms with E-state index in [1.807, 2.05) is 17.9 Å². The molecule has 0 radical (unpaired) electrons. The number of pyridine rings is 1. The number of ether oxygens (including phenoxy) is 1. The van der Waals surface area contributed by atoms with Gasteiger partial charge in [0.05, 0.1) is 11.5 Å². The van der Waals surface area contributed by atoms with Crippen molar-refractivity contribution in [3.63, 3.8) is 0 Å². The van der Waals surface area contributed by atoms with Gasteiger partial charge in [0.2, 0.25) is 0 Å². The van der Waals surface area contributed by atoms with Crippen molar-refractivity contribution in [3.8, 4) is 0 Å². The molecule has 0 aliphatic carbocycles. The Bertz CT molecular complexity index is 1080. The molecule has 0 aromatic carbocycles. The summed E-state index contributed by atoms with van der Waals surface area (Å²) in [6.45, 7) is 4.03. The molecule has 14 nitrogen and oxygen atoms in total. The maximum absolute atomic E-state index is 10.5. The Kier molecular flexibility index (Phi) is 11.5. The van der Waals surface area contributed by atoms with Crippen molar-refractivity contribution in [2.24, 2.45) is 5.10 Å². The van der Waals surface area contributed by atoms with Gasteiger partial charge in [-0.2, -0.15) is 0 Å². The molecule has 17 heteroatoms. The lowest BCUT2D eigenvalue weighted by molar-refractivity contribution is -0.486. The van der Waals surface area contributed by atoms with Crippen molar-refractivity contribution in [2.75, 3.05) is 34.1 Å². The minimum absolute atomic E-state index is 0.243. The molecule has 2 aromatic heterocycles. The van der Waals surface area contributed by atoms with E-state index in [4.69, 9.17) is 27.9 Å². The van der Waals surface area contributed by atoms with E-state index in [2.05, 4.69) is 20.4 Å². The van der Waals surface area contributed by atoms with Crippen LogP contribution in [0.15, 0.2) is 41.6 Å². The first-order valence-electron chi connectivity index (χ1n) is 10.4. The van der Waals surface area contributed by atoms with Crippen LogP contribution < -0.4 is 5.32 Å². The molecule has 1 N–H and O–H groups in total. The molecule has 0 spiro atoms. The standard InChI is InChI=1S/C11H15ClN4O2.C8H10ClN5O3S/c1-3-15(11(13-2)8-16(17)18)7-9-4-5-10(12)14-6-9;1-12-4-17-5-13(8(12)11-14(15)16)3-6-2-10-7(9)18-6/h4-6,8,13H,3,7H2,1-2H3;2H,3-5H2,1H3/b2*11-8+. The van der Waals surface area contributed by atoms with Crippen LogP contribution in [0, 0.1) is 20.2 Å². The Balaban J connectivity index is 0.000000254. The maximum Gasteiger partial charge on any atom is 0.277 e. The quantitative estimate of drug-likeness (QED) is 0.272. The zero-order valence-electron chi connectivity index (χ0n) is 19.7. The van der Waals surface area contributed by atoms with Crippen molar-refractivity contribution in [1.82, 2.24) is 30.0 Å². The number of nitrogens with zero attached hydrogens (tertiary/aromatic N) is 8. The minimum Gasteiger partial charge on any atom is -0.370 e. The number of hydrogen-bond acceptors (Lipinski definition) is 10. The fourth-order valence-corrected chi connectivity index (χ4v) is 4.12. The highest BCUT2D eigenvalue weighted by atomic mass is 35.5. The van der Waals surface area contributed by atoms with Crippen molar-refractivity contribution in [1.29, 1.82) is 0 Å². The van der Waals surface area contributed by atoms with Crippen LogP contribution in [-0.4, -0.2) is 74.7 Å². The van der Waals surface area contributed by atoms with Crippen molar-refractivity contribution in [2.45, 2.75) is 20.0 Å². The molecule has 0 unspecified atom stereocenters. The number of thiazole rings is 1. The largest absolute Gasteiger partial charge is 0.370 e. The summed E-state index contributed by atoms with van der Waals surface area (Å²) >= 11 is 12.8. The second kappa shape index (κ2) is 14.3. The molecule has 0 saturated carbocycles. The summed E-state index contributed by atoms with van der Waals surface area (Å²) in [5.41, 5.74) is 0.936. The monoisotopic (exact) mass is 561 g/mol. The van der Waals surface area contributed by atoms with Crippen molar-refractivity contribution >= 4 is 40.5 Å². The summed E-state index contributed by atoms with van der Waals surface area (Å²) in [6, 6.07) is 3.54. The smallest absolute Gasteiger partial charge is 0.277 e. The lowest BCUT2D eigenvalue weighted by Crippen LogP contribution is -2.49. The molecule has 0 atom stereocenters. The van der Waals surface area contributed by atoms with Gasteiger partial charge in [0.15, 0.2) is 15.3 Å². The van der Waals surface area contributed by atoms with E-state index in [1.165, 1.54) is 11.3 Å². The van der Waals surface area contributed by atoms with E-state index in [9.17, 15) is 20.2 Å². The van der Waals surface area contributed by atoms with Gasteiger partial charge in [0.25, 0.3) is 12.2 Å². The summed E-state index contributed by atoms with van der Waals surface area (Å²) in [6.07, 6.45) is 4.24. The lowest BCUT2D eigenvalue weighted by atomic mass is 10.2. The first kappa shape index (κ1) is 29.0. The van der Waals surface area contributed by atoms with Crippen LogP contribution >= 0.6 is 34.5 Å². The molecular weight excluding hydrogens is 537 g/mol. The van der Waals surface area contributed by atoms with E-state index in [0.29, 0.717) is 35.1 Å². The third-order valence-electron chi connectivity index (χ3n) is 4.57. The van der Waals surface area contributed by atoms with Crippen LogP contribution in [-0.2, 0) is 17.8 Å². The van der Waals surface area contributed by atoms with Crippen LogP contribution in [0.2, 0.25) is 9.62 Å². The van der Waals surface area contributed by atoms with Crippen LogP contribution in [0.4, 0.5) is 0 Å². The topological polar surface area (TPSA) is 155 Å². The first-order chi connectivity index (χ1) is 17.1. The lowest BCUT2D eigenvalue weighted by Gasteiger charge is -2.34. The predicted molar refractivity (Wildman–Crippen MR) is 135 cm³/mol. The number of rotatable bonds is 9. The molecule has 1 aliphatic rings. The van der Waals surface area contributed by atoms with Crippen LogP contribution in [0.5, 0.6) is 0 Å². The van der Waals surface area contributed by atoms with Gasteiger partial charge in [0.1, 0.15) is 23.7 Å². The van der Waals surface area contributed by atoms with E-state index in [-0.39, 0.29) is 19.4 Å².